The molecule has 4 heteroatoms. The number of hydrogen-bond acceptors (Lipinski definition) is 3. The fraction of sp³-hybridized carbons (Fsp3) is 0.571. The predicted molar refractivity (Wildman–Crippen MR) is 78.0 cm³/mol. The molecule has 0 radical (unpaired) electrons. The Bertz CT molecular complexity index is 371. The summed E-state index contributed by atoms with van der Waals surface area (Å²) in [7, 11) is 0. The van der Waals surface area contributed by atoms with Crippen LogP contribution in [0.3, 0.4) is 0 Å². The number of aliphatic hydroxyl groups excluding tert-OH is 1. The molecule has 0 aromatic heterocycles. The number of aliphatic hydroxyl groups is 1. The molecule has 0 aliphatic carbocycles. The summed E-state index contributed by atoms with van der Waals surface area (Å²) < 4.78 is 6.84. The summed E-state index contributed by atoms with van der Waals surface area (Å²) in [5.41, 5.74) is 1.14. The summed E-state index contributed by atoms with van der Waals surface area (Å²) in [5.74, 6) is 1.03. The Morgan fingerprint density at radius 2 is 2.11 bits per heavy atom. The van der Waals surface area contributed by atoms with Gasteiger partial charge in [-0.25, -0.2) is 0 Å². The Morgan fingerprint density at radius 3 is 2.72 bits per heavy atom. The number of nitrogens with one attached hydrogen (secondary N) is 1. The van der Waals surface area contributed by atoms with Crippen LogP contribution in [0.1, 0.15) is 32.4 Å². The quantitative estimate of drug-likeness (QED) is 0.812. The highest BCUT2D eigenvalue weighted by Crippen LogP contribution is 2.28. The van der Waals surface area contributed by atoms with Crippen LogP contribution in [0.4, 0.5) is 0 Å². The molecule has 102 valence electrons. The lowest BCUT2D eigenvalue weighted by Gasteiger charge is -2.19. The normalized spacial score (nSPS) is 14.3. The van der Waals surface area contributed by atoms with Gasteiger partial charge in [-0.3, -0.25) is 0 Å². The molecule has 3 nitrogen and oxygen atoms in total. The number of hydrogen-bond donors (Lipinski definition) is 2. The maximum absolute atomic E-state index is 9.02. The van der Waals surface area contributed by atoms with Crippen molar-refractivity contribution in [2.45, 2.75) is 26.8 Å². The van der Waals surface area contributed by atoms with E-state index in [1.165, 1.54) is 0 Å². The van der Waals surface area contributed by atoms with Crippen LogP contribution in [-0.2, 0) is 0 Å². The number of halogens is 1. The minimum Gasteiger partial charge on any atom is -0.493 e. The third kappa shape index (κ3) is 4.59. The maximum Gasteiger partial charge on any atom is 0.124 e. The van der Waals surface area contributed by atoms with E-state index in [1.54, 1.807) is 0 Å². The molecule has 18 heavy (non-hydrogen) atoms. The van der Waals surface area contributed by atoms with Gasteiger partial charge in [0.25, 0.3) is 0 Å². The van der Waals surface area contributed by atoms with Gasteiger partial charge in [-0.05, 0) is 31.7 Å². The minimum atomic E-state index is 0.147. The van der Waals surface area contributed by atoms with Crippen molar-refractivity contribution in [2.75, 3.05) is 19.8 Å². The zero-order valence-electron chi connectivity index (χ0n) is 11.2. The van der Waals surface area contributed by atoms with Crippen molar-refractivity contribution in [1.29, 1.82) is 0 Å². The first-order chi connectivity index (χ1) is 8.58. The largest absolute Gasteiger partial charge is 0.493 e. The van der Waals surface area contributed by atoms with E-state index in [1.807, 2.05) is 19.1 Å². The molecule has 0 aliphatic heterocycles. The van der Waals surface area contributed by atoms with Crippen molar-refractivity contribution in [3.05, 3.63) is 28.2 Å². The Labute approximate surface area is 118 Å². The van der Waals surface area contributed by atoms with Gasteiger partial charge in [0, 0.05) is 28.6 Å². The molecule has 0 amide bonds. The van der Waals surface area contributed by atoms with Crippen molar-refractivity contribution < 1.29 is 9.84 Å². The van der Waals surface area contributed by atoms with Gasteiger partial charge in [0.1, 0.15) is 5.75 Å². The topological polar surface area (TPSA) is 41.5 Å². The van der Waals surface area contributed by atoms with Crippen LogP contribution >= 0.6 is 15.9 Å². The molecule has 1 aromatic rings. The van der Waals surface area contributed by atoms with Gasteiger partial charge in [0.2, 0.25) is 0 Å². The highest BCUT2D eigenvalue weighted by Gasteiger charge is 2.12. The van der Waals surface area contributed by atoms with Crippen LogP contribution in [0.25, 0.3) is 0 Å². The Kier molecular flexibility index (Phi) is 6.68. The molecule has 2 N–H and O–H groups in total. The lowest BCUT2D eigenvalue weighted by Crippen LogP contribution is -2.19. The van der Waals surface area contributed by atoms with E-state index in [0.29, 0.717) is 6.61 Å². The van der Waals surface area contributed by atoms with Crippen molar-refractivity contribution in [3.8, 4) is 5.75 Å². The van der Waals surface area contributed by atoms with Crippen LogP contribution in [0, 0.1) is 5.92 Å². The first-order valence-corrected chi connectivity index (χ1v) is 7.14. The zero-order chi connectivity index (χ0) is 13.5. The van der Waals surface area contributed by atoms with E-state index in [4.69, 9.17) is 9.84 Å². The number of benzene rings is 1. The predicted octanol–water partition coefficient (Wildman–Crippen LogP) is 3.13. The Hall–Kier alpha value is -0.580. The SMILES string of the molecule is CCNC(C)c1cc(Br)ccc1OCC(C)CO. The Balaban J connectivity index is 2.82. The summed E-state index contributed by atoms with van der Waals surface area (Å²) in [4.78, 5) is 0. The third-order valence-corrected chi connectivity index (χ3v) is 3.28. The fourth-order valence-corrected chi connectivity index (χ4v) is 2.07. The first kappa shape index (κ1) is 15.5. The molecule has 0 heterocycles. The van der Waals surface area contributed by atoms with Gasteiger partial charge >= 0.3 is 0 Å². The summed E-state index contributed by atoms with van der Waals surface area (Å²) in [6.07, 6.45) is 0. The van der Waals surface area contributed by atoms with Crippen molar-refractivity contribution in [1.82, 2.24) is 5.32 Å². The van der Waals surface area contributed by atoms with Crippen LogP contribution in [0.15, 0.2) is 22.7 Å². The van der Waals surface area contributed by atoms with Gasteiger partial charge in [-0.15, -0.1) is 0 Å². The molecule has 1 rings (SSSR count). The van der Waals surface area contributed by atoms with Gasteiger partial charge in [0.15, 0.2) is 0 Å². The van der Waals surface area contributed by atoms with E-state index >= 15 is 0 Å². The van der Waals surface area contributed by atoms with Gasteiger partial charge < -0.3 is 15.2 Å². The summed E-state index contributed by atoms with van der Waals surface area (Å²) in [6, 6.07) is 6.26. The molecule has 0 saturated heterocycles. The summed E-state index contributed by atoms with van der Waals surface area (Å²) in [6.45, 7) is 7.77. The van der Waals surface area contributed by atoms with Crippen molar-refractivity contribution in [3.63, 3.8) is 0 Å². The molecular formula is C14H22BrNO2. The van der Waals surface area contributed by atoms with Crippen LogP contribution in [-0.4, -0.2) is 24.9 Å². The van der Waals surface area contributed by atoms with E-state index in [-0.39, 0.29) is 18.6 Å². The van der Waals surface area contributed by atoms with Gasteiger partial charge in [-0.1, -0.05) is 29.8 Å². The second kappa shape index (κ2) is 7.77. The average Bonchev–Trinajstić information content (AvgIpc) is 2.37. The van der Waals surface area contributed by atoms with E-state index < -0.39 is 0 Å². The van der Waals surface area contributed by atoms with Crippen molar-refractivity contribution >= 4 is 15.9 Å². The fourth-order valence-electron chi connectivity index (χ4n) is 1.69. The Morgan fingerprint density at radius 1 is 1.39 bits per heavy atom. The minimum absolute atomic E-state index is 0.147. The second-order valence-corrected chi connectivity index (χ2v) is 5.48. The van der Waals surface area contributed by atoms with Crippen LogP contribution in [0.5, 0.6) is 5.75 Å². The highest BCUT2D eigenvalue weighted by atomic mass is 79.9. The lowest BCUT2D eigenvalue weighted by atomic mass is 10.1. The van der Waals surface area contributed by atoms with Crippen LogP contribution in [0.2, 0.25) is 0 Å². The van der Waals surface area contributed by atoms with E-state index in [0.717, 1.165) is 22.3 Å². The molecule has 1 aromatic carbocycles. The molecule has 0 spiro atoms. The molecule has 2 atom stereocenters. The van der Waals surface area contributed by atoms with Crippen molar-refractivity contribution in [2.24, 2.45) is 5.92 Å². The lowest BCUT2D eigenvalue weighted by molar-refractivity contribution is 0.173. The molecule has 0 saturated carbocycles. The molecule has 0 aliphatic rings. The standard InChI is InChI=1S/C14H22BrNO2/c1-4-16-11(3)13-7-12(15)5-6-14(13)18-9-10(2)8-17/h5-7,10-11,16-17H,4,8-9H2,1-3H3. The summed E-state index contributed by atoms with van der Waals surface area (Å²) >= 11 is 3.49. The molecular weight excluding hydrogens is 294 g/mol. The zero-order valence-corrected chi connectivity index (χ0v) is 12.8. The summed E-state index contributed by atoms with van der Waals surface area (Å²) in [5, 5.41) is 12.4. The third-order valence-electron chi connectivity index (χ3n) is 2.78. The molecule has 0 bridgehead atoms. The second-order valence-electron chi connectivity index (χ2n) is 4.56. The molecule has 2 unspecified atom stereocenters. The smallest absolute Gasteiger partial charge is 0.124 e. The monoisotopic (exact) mass is 315 g/mol. The van der Waals surface area contributed by atoms with Gasteiger partial charge in [0.05, 0.1) is 6.61 Å². The van der Waals surface area contributed by atoms with Crippen LogP contribution < -0.4 is 10.1 Å². The average molecular weight is 316 g/mol. The van der Waals surface area contributed by atoms with Gasteiger partial charge in [-0.2, -0.15) is 0 Å². The first-order valence-electron chi connectivity index (χ1n) is 6.35. The highest BCUT2D eigenvalue weighted by molar-refractivity contribution is 9.10. The number of ether oxygens (including phenoxy) is 1. The molecule has 0 fully saturated rings. The van der Waals surface area contributed by atoms with E-state index in [2.05, 4.69) is 41.2 Å². The number of rotatable bonds is 7. The van der Waals surface area contributed by atoms with E-state index in [9.17, 15) is 0 Å². The maximum atomic E-state index is 9.02.